The average Bonchev–Trinajstić information content (AvgIpc) is 2.75. The Bertz CT molecular complexity index is 727. The van der Waals surface area contributed by atoms with Crippen molar-refractivity contribution in [2.45, 2.75) is 12.5 Å². The van der Waals surface area contributed by atoms with Gasteiger partial charge >= 0.3 is 10.2 Å². The van der Waals surface area contributed by atoms with Crippen molar-refractivity contribution in [1.29, 1.82) is 0 Å². The molecule has 5 nitrogen and oxygen atoms in total. The maximum Gasteiger partial charge on any atom is 0.322 e. The maximum atomic E-state index is 11.8. The van der Waals surface area contributed by atoms with Gasteiger partial charge in [0.1, 0.15) is 0 Å². The fourth-order valence-corrected chi connectivity index (χ4v) is 3.02. The molecule has 23 heavy (non-hydrogen) atoms. The van der Waals surface area contributed by atoms with Crippen LogP contribution in [-0.4, -0.2) is 26.5 Å². The molecule has 0 aromatic heterocycles. The van der Waals surface area contributed by atoms with Crippen LogP contribution in [0.4, 0.5) is 0 Å². The van der Waals surface area contributed by atoms with Crippen LogP contribution in [0.25, 0.3) is 6.08 Å². The number of benzene rings is 1. The van der Waals surface area contributed by atoms with Crippen molar-refractivity contribution in [3.63, 3.8) is 0 Å². The second-order valence-corrected chi connectivity index (χ2v) is 5.80. The van der Waals surface area contributed by atoms with Crippen LogP contribution < -0.4 is 4.72 Å². The molecule has 1 N–H and O–H groups in total. The van der Waals surface area contributed by atoms with Crippen molar-refractivity contribution < 1.29 is 45.9 Å². The smallest absolute Gasteiger partial charge is 0.322 e. The number of nitrogens with zero attached hydrogens (tertiary/aromatic N) is 1. The van der Waals surface area contributed by atoms with Gasteiger partial charge in [-0.1, -0.05) is 42.5 Å². The number of rotatable bonds is 5. The summed E-state index contributed by atoms with van der Waals surface area (Å²) in [6, 6.07) is 9.45. The first-order valence-corrected chi connectivity index (χ1v) is 8.11. The third kappa shape index (κ3) is 5.21. The Morgan fingerprint density at radius 2 is 2.09 bits per heavy atom. The van der Waals surface area contributed by atoms with E-state index in [2.05, 4.69) is 15.2 Å². The quantitative estimate of drug-likeness (QED) is 0.603. The molecule has 2 rings (SSSR count). The van der Waals surface area contributed by atoms with E-state index in [9.17, 15) is 8.42 Å². The molecule has 0 fully saturated rings. The minimum Gasteiger partial charge on any atom is -0.480 e. The minimum absolute atomic E-state index is 0. The summed E-state index contributed by atoms with van der Waals surface area (Å²) < 4.78 is 35.0. The fraction of sp³-hybridized carbons (Fsp3) is 0.188. The first-order valence-electron chi connectivity index (χ1n) is 6.67. The summed E-state index contributed by atoms with van der Waals surface area (Å²) in [4.78, 5) is 0. The standard InChI is InChI=1S/C16H16N2O3S.Y/c1-3-5-12-16(13-11-14-9-7-6-8-10-14)15(21-4-2)17-22(19,20)18-16;/h1,3,5-11,13,18H,4H2,2H3;/q-2;/b13-11+;/t16-;/m1./s1. The van der Waals surface area contributed by atoms with Crippen LogP contribution >= 0.6 is 0 Å². The van der Waals surface area contributed by atoms with Crippen LogP contribution in [0, 0.1) is 12.7 Å². The van der Waals surface area contributed by atoms with Gasteiger partial charge in [-0.3, -0.25) is 0 Å². The zero-order valence-corrected chi connectivity index (χ0v) is 16.3. The van der Waals surface area contributed by atoms with E-state index in [1.165, 1.54) is 12.2 Å². The van der Waals surface area contributed by atoms with Gasteiger partial charge < -0.3 is 29.5 Å². The van der Waals surface area contributed by atoms with Crippen molar-refractivity contribution in [3.8, 4) is 0 Å². The Balaban J connectivity index is 0.00000264. The zero-order chi connectivity index (χ0) is 16.1. The van der Waals surface area contributed by atoms with Crippen LogP contribution in [0.3, 0.4) is 0 Å². The Morgan fingerprint density at radius 3 is 2.70 bits per heavy atom. The van der Waals surface area contributed by atoms with Gasteiger partial charge in [-0.25, -0.2) is 0 Å². The van der Waals surface area contributed by atoms with Gasteiger partial charge in [0.15, 0.2) is 0 Å². The van der Waals surface area contributed by atoms with Crippen LogP contribution in [0.2, 0.25) is 0 Å². The molecule has 0 unspecified atom stereocenters. The third-order valence-electron chi connectivity index (χ3n) is 2.84. The van der Waals surface area contributed by atoms with Gasteiger partial charge in [-0.2, -0.15) is 13.1 Å². The van der Waals surface area contributed by atoms with E-state index < -0.39 is 15.7 Å². The SMILES string of the molecule is [CH-]=CC=[C-][C@]1(/C=C/c2ccccc2)NS(=O)(=O)N=C1OCC.[Y]. The molecule has 0 aliphatic carbocycles. The van der Waals surface area contributed by atoms with Crippen molar-refractivity contribution >= 4 is 22.2 Å². The van der Waals surface area contributed by atoms with Gasteiger partial charge in [0.25, 0.3) is 0 Å². The first kappa shape index (κ1) is 20.0. The Morgan fingerprint density at radius 1 is 1.39 bits per heavy atom. The number of ether oxygens (including phenoxy) is 1. The second kappa shape index (κ2) is 8.69. The molecule has 0 saturated carbocycles. The van der Waals surface area contributed by atoms with E-state index in [-0.39, 0.29) is 45.2 Å². The molecule has 0 spiro atoms. The predicted molar refractivity (Wildman–Crippen MR) is 86.0 cm³/mol. The van der Waals surface area contributed by atoms with Crippen LogP contribution in [0.15, 0.2) is 53.0 Å². The van der Waals surface area contributed by atoms with E-state index in [4.69, 9.17) is 11.3 Å². The van der Waals surface area contributed by atoms with Crippen molar-refractivity contribution in [2.24, 2.45) is 4.40 Å². The molecule has 1 heterocycles. The maximum absolute atomic E-state index is 11.8. The molecule has 1 aromatic carbocycles. The summed E-state index contributed by atoms with van der Waals surface area (Å²) in [6.45, 7) is 7.37. The Labute approximate surface area is 162 Å². The van der Waals surface area contributed by atoms with Gasteiger partial charge in [-0.05, 0) is 12.5 Å². The molecule has 1 aromatic rings. The van der Waals surface area contributed by atoms with E-state index in [1.807, 2.05) is 30.3 Å². The number of hydrogen-bond acceptors (Lipinski definition) is 3. The largest absolute Gasteiger partial charge is 0.480 e. The molecular formula is C16H16N2O3SY-2. The molecule has 0 amide bonds. The summed E-state index contributed by atoms with van der Waals surface area (Å²) >= 11 is 0. The van der Waals surface area contributed by atoms with Crippen LogP contribution in [-0.2, 0) is 47.7 Å². The number of hydrogen-bond donors (Lipinski definition) is 1. The summed E-state index contributed by atoms with van der Waals surface area (Å²) in [5, 5.41) is 0. The molecular weight excluding hydrogens is 389 g/mol. The molecule has 0 bridgehead atoms. The predicted octanol–water partition coefficient (Wildman–Crippen LogP) is 2.07. The van der Waals surface area contributed by atoms with E-state index >= 15 is 0 Å². The van der Waals surface area contributed by atoms with Crippen molar-refractivity contribution in [2.75, 3.05) is 6.61 Å². The van der Waals surface area contributed by atoms with Crippen molar-refractivity contribution in [1.82, 2.24) is 4.72 Å². The molecule has 1 aliphatic rings. The summed E-state index contributed by atoms with van der Waals surface area (Å²) in [7, 11) is -3.84. The van der Waals surface area contributed by atoms with Crippen LogP contribution in [0.1, 0.15) is 12.5 Å². The number of nitrogens with one attached hydrogen (secondary N) is 1. The van der Waals surface area contributed by atoms with Gasteiger partial charge in [-0.15, -0.1) is 4.40 Å². The molecule has 1 aliphatic heterocycles. The van der Waals surface area contributed by atoms with Crippen molar-refractivity contribution in [3.05, 3.63) is 66.8 Å². The molecule has 0 saturated heterocycles. The second-order valence-electron chi connectivity index (χ2n) is 4.46. The van der Waals surface area contributed by atoms with Gasteiger partial charge in [0.2, 0.25) is 5.90 Å². The summed E-state index contributed by atoms with van der Waals surface area (Å²) in [6.07, 6.45) is 8.93. The summed E-state index contributed by atoms with van der Waals surface area (Å²) in [5.74, 6) is 0.0141. The average molecular weight is 405 g/mol. The topological polar surface area (TPSA) is 67.8 Å². The van der Waals surface area contributed by atoms with Gasteiger partial charge in [0.05, 0.1) is 12.1 Å². The van der Waals surface area contributed by atoms with E-state index in [0.717, 1.165) is 5.56 Å². The van der Waals surface area contributed by atoms with Crippen LogP contribution in [0.5, 0.6) is 0 Å². The fourth-order valence-electron chi connectivity index (χ4n) is 1.94. The molecule has 7 heteroatoms. The monoisotopic (exact) mass is 405 g/mol. The Hall–Kier alpha value is -1.08. The number of allylic oxidation sites excluding steroid dienone is 2. The normalized spacial score (nSPS) is 22.7. The molecule has 119 valence electrons. The molecule has 1 atom stereocenters. The third-order valence-corrected chi connectivity index (χ3v) is 3.83. The van der Waals surface area contributed by atoms with Gasteiger partial charge in [0, 0.05) is 32.7 Å². The minimum atomic E-state index is -3.84. The van der Waals surface area contributed by atoms with E-state index in [0.29, 0.717) is 0 Å². The summed E-state index contributed by atoms with van der Waals surface area (Å²) in [5.41, 5.74) is -0.400. The molecule has 1 radical (unpaired) electrons. The zero-order valence-electron chi connectivity index (χ0n) is 12.6. The Kier molecular flexibility index (Phi) is 7.54. The first-order chi connectivity index (χ1) is 10.5. The van der Waals surface area contributed by atoms with E-state index in [1.54, 1.807) is 19.1 Å².